The van der Waals surface area contributed by atoms with Gasteiger partial charge in [0.25, 0.3) is 5.91 Å². The zero-order valence-electron chi connectivity index (χ0n) is 10.7. The second kappa shape index (κ2) is 5.77. The van der Waals surface area contributed by atoms with E-state index in [1.807, 2.05) is 6.92 Å². The molecule has 0 radical (unpaired) electrons. The first-order valence-corrected chi connectivity index (χ1v) is 6.11. The van der Waals surface area contributed by atoms with E-state index >= 15 is 0 Å². The van der Waals surface area contributed by atoms with Crippen LogP contribution in [-0.2, 0) is 4.74 Å². The number of ether oxygens (including phenoxy) is 1. The predicted molar refractivity (Wildman–Crippen MR) is 67.6 cm³/mol. The van der Waals surface area contributed by atoms with E-state index in [0.717, 1.165) is 25.1 Å². The van der Waals surface area contributed by atoms with E-state index in [1.165, 1.54) is 0 Å². The molecular formula is C12H18N4O2. The Morgan fingerprint density at radius 1 is 1.50 bits per heavy atom. The highest BCUT2D eigenvalue weighted by Crippen LogP contribution is 2.08. The minimum absolute atomic E-state index is 0.0829. The number of aromatic nitrogens is 2. The van der Waals surface area contributed by atoms with Crippen molar-refractivity contribution in [1.82, 2.24) is 15.3 Å². The minimum Gasteiger partial charge on any atom is -0.379 e. The Balaban J connectivity index is 2.05. The molecule has 2 N–H and O–H groups in total. The summed E-state index contributed by atoms with van der Waals surface area (Å²) in [5.74, 6) is 0.285. The molecule has 6 nitrogen and oxygen atoms in total. The number of amides is 1. The van der Waals surface area contributed by atoms with Crippen LogP contribution in [0.25, 0.3) is 0 Å². The summed E-state index contributed by atoms with van der Waals surface area (Å²) in [4.78, 5) is 20.3. The van der Waals surface area contributed by atoms with Gasteiger partial charge < -0.3 is 15.4 Å². The smallest absolute Gasteiger partial charge is 0.270 e. The molecule has 98 valence electrons. The van der Waals surface area contributed by atoms with Gasteiger partial charge in [-0.1, -0.05) is 0 Å². The molecule has 18 heavy (non-hydrogen) atoms. The Bertz CT molecular complexity index is 430. The number of hydrogen-bond acceptors (Lipinski definition) is 5. The Labute approximate surface area is 106 Å². The molecule has 1 fully saturated rings. The largest absolute Gasteiger partial charge is 0.379 e. The van der Waals surface area contributed by atoms with E-state index in [-0.39, 0.29) is 11.9 Å². The maximum absolute atomic E-state index is 12.0. The van der Waals surface area contributed by atoms with Crippen molar-refractivity contribution in [3.05, 3.63) is 17.5 Å². The molecule has 1 unspecified atom stereocenters. The molecule has 1 atom stereocenters. The molecule has 0 bridgehead atoms. The van der Waals surface area contributed by atoms with Crippen LogP contribution in [0.4, 0.5) is 5.95 Å². The summed E-state index contributed by atoms with van der Waals surface area (Å²) >= 11 is 0. The van der Waals surface area contributed by atoms with Crippen LogP contribution in [0.3, 0.4) is 0 Å². The molecule has 2 rings (SSSR count). The highest BCUT2D eigenvalue weighted by atomic mass is 16.5. The van der Waals surface area contributed by atoms with Gasteiger partial charge in [-0.2, -0.15) is 0 Å². The van der Waals surface area contributed by atoms with Crippen molar-refractivity contribution in [2.75, 3.05) is 25.6 Å². The lowest BCUT2D eigenvalue weighted by Crippen LogP contribution is -2.41. The standard InChI is InChI=1S/C12H18N4O2/c1-8-6-10(16-12(13-2)14-8)11(17)15-9-4-3-5-18-7-9/h6,9H,3-5,7H2,1-2H3,(H,15,17)(H,13,14,16). The summed E-state index contributed by atoms with van der Waals surface area (Å²) in [6.07, 6.45) is 1.93. The molecule has 0 saturated carbocycles. The lowest BCUT2D eigenvalue weighted by molar-refractivity contribution is 0.0622. The molecule has 0 aliphatic carbocycles. The van der Waals surface area contributed by atoms with E-state index in [1.54, 1.807) is 13.1 Å². The summed E-state index contributed by atoms with van der Waals surface area (Å²) in [7, 11) is 1.73. The van der Waals surface area contributed by atoms with E-state index in [2.05, 4.69) is 20.6 Å². The number of hydrogen-bond donors (Lipinski definition) is 2. The summed E-state index contributed by atoms with van der Waals surface area (Å²) < 4.78 is 5.33. The molecule has 1 aromatic rings. The first kappa shape index (κ1) is 12.8. The summed E-state index contributed by atoms with van der Waals surface area (Å²) in [6.45, 7) is 3.20. The zero-order chi connectivity index (χ0) is 13.0. The van der Waals surface area contributed by atoms with Crippen molar-refractivity contribution < 1.29 is 9.53 Å². The molecule has 1 aliphatic rings. The topological polar surface area (TPSA) is 76.1 Å². The van der Waals surface area contributed by atoms with Crippen molar-refractivity contribution in [3.63, 3.8) is 0 Å². The molecule has 0 aromatic carbocycles. The summed E-state index contributed by atoms with van der Waals surface area (Å²) in [6, 6.07) is 1.76. The number of carbonyl (C=O) groups is 1. The molecule has 1 aromatic heterocycles. The van der Waals surface area contributed by atoms with Gasteiger partial charge in [0.2, 0.25) is 5.95 Å². The van der Waals surface area contributed by atoms with Gasteiger partial charge in [-0.15, -0.1) is 0 Å². The highest BCUT2D eigenvalue weighted by molar-refractivity contribution is 5.92. The van der Waals surface area contributed by atoms with Crippen LogP contribution in [0.15, 0.2) is 6.07 Å². The van der Waals surface area contributed by atoms with Crippen LogP contribution >= 0.6 is 0 Å². The maximum Gasteiger partial charge on any atom is 0.270 e. The number of nitrogens with one attached hydrogen (secondary N) is 2. The summed E-state index contributed by atoms with van der Waals surface area (Å²) in [5, 5.41) is 5.77. The second-order valence-electron chi connectivity index (χ2n) is 4.36. The minimum atomic E-state index is -0.174. The SMILES string of the molecule is CNc1nc(C)cc(C(=O)NC2CCCOC2)n1. The van der Waals surface area contributed by atoms with Gasteiger partial charge in [-0.05, 0) is 25.8 Å². The Morgan fingerprint density at radius 2 is 2.33 bits per heavy atom. The van der Waals surface area contributed by atoms with Crippen LogP contribution in [-0.4, -0.2) is 42.2 Å². The fraction of sp³-hybridized carbons (Fsp3) is 0.583. The molecule has 1 amide bonds. The number of carbonyl (C=O) groups excluding carboxylic acids is 1. The number of nitrogens with zero attached hydrogens (tertiary/aromatic N) is 2. The average molecular weight is 250 g/mol. The van der Waals surface area contributed by atoms with Gasteiger partial charge in [0.05, 0.1) is 12.6 Å². The third-order valence-electron chi connectivity index (χ3n) is 2.81. The van der Waals surface area contributed by atoms with E-state index in [9.17, 15) is 4.79 Å². The van der Waals surface area contributed by atoms with Crippen molar-refractivity contribution in [2.24, 2.45) is 0 Å². The molecule has 0 spiro atoms. The van der Waals surface area contributed by atoms with Gasteiger partial charge in [-0.25, -0.2) is 9.97 Å². The third-order valence-corrected chi connectivity index (χ3v) is 2.81. The van der Waals surface area contributed by atoms with E-state index < -0.39 is 0 Å². The van der Waals surface area contributed by atoms with Crippen LogP contribution in [0.2, 0.25) is 0 Å². The van der Waals surface area contributed by atoms with Gasteiger partial charge >= 0.3 is 0 Å². The third kappa shape index (κ3) is 3.16. The molecule has 2 heterocycles. The Hall–Kier alpha value is -1.69. The van der Waals surface area contributed by atoms with E-state index in [0.29, 0.717) is 18.2 Å². The Kier molecular flexibility index (Phi) is 4.09. The predicted octanol–water partition coefficient (Wildman–Crippen LogP) is 0.736. The number of aryl methyl sites for hydroxylation is 1. The molecular weight excluding hydrogens is 232 g/mol. The van der Waals surface area contributed by atoms with Crippen LogP contribution in [0, 0.1) is 6.92 Å². The first-order valence-electron chi connectivity index (χ1n) is 6.11. The fourth-order valence-electron chi connectivity index (χ4n) is 1.91. The fourth-order valence-corrected chi connectivity index (χ4v) is 1.91. The number of rotatable bonds is 3. The normalized spacial score (nSPS) is 19.3. The van der Waals surface area contributed by atoms with Gasteiger partial charge in [-0.3, -0.25) is 4.79 Å². The lowest BCUT2D eigenvalue weighted by Gasteiger charge is -2.22. The summed E-state index contributed by atoms with van der Waals surface area (Å²) in [5.41, 5.74) is 1.15. The van der Waals surface area contributed by atoms with Gasteiger partial charge in [0.15, 0.2) is 0 Å². The maximum atomic E-state index is 12.0. The van der Waals surface area contributed by atoms with Gasteiger partial charge in [0.1, 0.15) is 5.69 Å². The number of anilines is 1. The monoisotopic (exact) mass is 250 g/mol. The van der Waals surface area contributed by atoms with Crippen molar-refractivity contribution >= 4 is 11.9 Å². The second-order valence-corrected chi connectivity index (χ2v) is 4.36. The highest BCUT2D eigenvalue weighted by Gasteiger charge is 2.18. The lowest BCUT2D eigenvalue weighted by atomic mass is 10.1. The van der Waals surface area contributed by atoms with E-state index in [4.69, 9.17) is 4.74 Å². The van der Waals surface area contributed by atoms with Gasteiger partial charge in [0, 0.05) is 19.3 Å². The molecule has 1 saturated heterocycles. The Morgan fingerprint density at radius 3 is 3.00 bits per heavy atom. The molecule has 1 aliphatic heterocycles. The quantitative estimate of drug-likeness (QED) is 0.827. The average Bonchev–Trinajstić information content (AvgIpc) is 2.39. The van der Waals surface area contributed by atoms with Crippen molar-refractivity contribution in [2.45, 2.75) is 25.8 Å². The van der Waals surface area contributed by atoms with Crippen molar-refractivity contribution in [1.29, 1.82) is 0 Å². The van der Waals surface area contributed by atoms with Crippen molar-refractivity contribution in [3.8, 4) is 0 Å². The van der Waals surface area contributed by atoms with Crippen LogP contribution in [0.5, 0.6) is 0 Å². The van der Waals surface area contributed by atoms with Crippen LogP contribution < -0.4 is 10.6 Å². The first-order chi connectivity index (χ1) is 8.69. The zero-order valence-corrected chi connectivity index (χ0v) is 10.7. The van der Waals surface area contributed by atoms with Crippen LogP contribution in [0.1, 0.15) is 29.0 Å². The molecule has 6 heteroatoms.